The van der Waals surface area contributed by atoms with Gasteiger partial charge in [0.15, 0.2) is 0 Å². The maximum Gasteiger partial charge on any atom is 0.253 e. The molecule has 5 aromatic rings. The van der Waals surface area contributed by atoms with E-state index in [9.17, 15) is 9.18 Å². The maximum atomic E-state index is 13.3. The van der Waals surface area contributed by atoms with E-state index >= 15 is 0 Å². The SMILES string of the molecule is Cc1cccc(CN(C)C(=O)c2cccc(-c3ccc4oc(-c5ccc(F)cc5)cc4c3)c2)c1. The zero-order chi connectivity index (χ0) is 23.7. The second-order valence-corrected chi connectivity index (χ2v) is 8.60. The lowest BCUT2D eigenvalue weighted by molar-refractivity contribution is 0.0785. The zero-order valence-electron chi connectivity index (χ0n) is 19.1. The van der Waals surface area contributed by atoms with Gasteiger partial charge in [-0.2, -0.15) is 0 Å². The molecule has 5 rings (SSSR count). The fraction of sp³-hybridized carbons (Fsp3) is 0.100. The number of carbonyl (C=O) groups excluding carboxylic acids is 1. The number of benzene rings is 4. The minimum Gasteiger partial charge on any atom is -0.456 e. The van der Waals surface area contributed by atoms with Crippen LogP contribution in [0.25, 0.3) is 33.4 Å². The number of halogens is 1. The van der Waals surface area contributed by atoms with Crippen LogP contribution in [0.3, 0.4) is 0 Å². The molecule has 0 aliphatic heterocycles. The Balaban J connectivity index is 1.40. The second-order valence-electron chi connectivity index (χ2n) is 8.60. The molecular formula is C30H24FNO2. The lowest BCUT2D eigenvalue weighted by Crippen LogP contribution is -2.26. The highest BCUT2D eigenvalue weighted by molar-refractivity contribution is 5.96. The van der Waals surface area contributed by atoms with Gasteiger partial charge in [0.05, 0.1) is 0 Å². The lowest BCUT2D eigenvalue weighted by atomic mass is 10.0. The van der Waals surface area contributed by atoms with Crippen molar-refractivity contribution in [2.45, 2.75) is 13.5 Å². The molecule has 4 heteroatoms. The maximum absolute atomic E-state index is 13.3. The minimum atomic E-state index is -0.277. The number of nitrogens with zero attached hydrogens (tertiary/aromatic N) is 1. The van der Waals surface area contributed by atoms with Crippen molar-refractivity contribution < 1.29 is 13.6 Å². The van der Waals surface area contributed by atoms with Gasteiger partial charge >= 0.3 is 0 Å². The van der Waals surface area contributed by atoms with Crippen LogP contribution in [-0.2, 0) is 6.54 Å². The number of hydrogen-bond donors (Lipinski definition) is 0. The van der Waals surface area contributed by atoms with Gasteiger partial charge in [-0.05, 0) is 78.2 Å². The molecule has 3 nitrogen and oxygen atoms in total. The highest BCUT2D eigenvalue weighted by atomic mass is 19.1. The van der Waals surface area contributed by atoms with Crippen molar-refractivity contribution in [3.05, 3.63) is 120 Å². The Morgan fingerprint density at radius 1 is 0.824 bits per heavy atom. The van der Waals surface area contributed by atoms with Crippen molar-refractivity contribution in [1.82, 2.24) is 4.90 Å². The van der Waals surface area contributed by atoms with E-state index in [2.05, 4.69) is 6.07 Å². The molecule has 1 aromatic heterocycles. The summed E-state index contributed by atoms with van der Waals surface area (Å²) in [5.74, 6) is 0.390. The molecule has 34 heavy (non-hydrogen) atoms. The smallest absolute Gasteiger partial charge is 0.253 e. The van der Waals surface area contributed by atoms with Crippen LogP contribution in [-0.4, -0.2) is 17.9 Å². The van der Waals surface area contributed by atoms with Crippen molar-refractivity contribution in [3.63, 3.8) is 0 Å². The summed E-state index contributed by atoms with van der Waals surface area (Å²) < 4.78 is 19.2. The first-order valence-corrected chi connectivity index (χ1v) is 11.2. The third-order valence-electron chi connectivity index (χ3n) is 5.94. The topological polar surface area (TPSA) is 33.5 Å². The van der Waals surface area contributed by atoms with Crippen LogP contribution < -0.4 is 0 Å². The molecule has 1 heterocycles. The van der Waals surface area contributed by atoms with E-state index < -0.39 is 0 Å². The predicted molar refractivity (Wildman–Crippen MR) is 134 cm³/mol. The van der Waals surface area contributed by atoms with Crippen LogP contribution in [0.1, 0.15) is 21.5 Å². The van der Waals surface area contributed by atoms with Gasteiger partial charge in [-0.1, -0.05) is 48.0 Å². The van der Waals surface area contributed by atoms with Gasteiger partial charge in [-0.3, -0.25) is 4.79 Å². The molecule has 0 saturated carbocycles. The average molecular weight is 450 g/mol. The van der Waals surface area contributed by atoms with E-state index in [1.165, 1.54) is 17.7 Å². The monoisotopic (exact) mass is 449 g/mol. The zero-order valence-corrected chi connectivity index (χ0v) is 19.1. The summed E-state index contributed by atoms with van der Waals surface area (Å²) >= 11 is 0. The molecule has 0 aliphatic rings. The van der Waals surface area contributed by atoms with Crippen LogP contribution in [0, 0.1) is 12.7 Å². The van der Waals surface area contributed by atoms with E-state index in [0.717, 1.165) is 33.2 Å². The van der Waals surface area contributed by atoms with Gasteiger partial charge in [-0.15, -0.1) is 0 Å². The van der Waals surface area contributed by atoms with Gasteiger partial charge in [0.25, 0.3) is 5.91 Å². The second kappa shape index (κ2) is 8.99. The summed E-state index contributed by atoms with van der Waals surface area (Å²) in [5.41, 5.74) is 6.46. The van der Waals surface area contributed by atoms with Gasteiger partial charge in [-0.25, -0.2) is 4.39 Å². The molecule has 0 atom stereocenters. The van der Waals surface area contributed by atoms with Crippen molar-refractivity contribution in [1.29, 1.82) is 0 Å². The van der Waals surface area contributed by atoms with Crippen molar-refractivity contribution in [2.24, 2.45) is 0 Å². The fourth-order valence-corrected chi connectivity index (χ4v) is 4.19. The molecular weight excluding hydrogens is 425 g/mol. The molecule has 168 valence electrons. The number of rotatable bonds is 5. The number of furan rings is 1. The average Bonchev–Trinajstić information content (AvgIpc) is 3.27. The Kier molecular flexibility index (Phi) is 5.72. The minimum absolute atomic E-state index is 0.0219. The Morgan fingerprint density at radius 3 is 2.35 bits per heavy atom. The number of amides is 1. The number of aryl methyl sites for hydroxylation is 1. The number of fused-ring (bicyclic) bond motifs is 1. The van der Waals surface area contributed by atoms with E-state index in [4.69, 9.17) is 4.42 Å². The molecule has 1 amide bonds. The van der Waals surface area contributed by atoms with Crippen molar-refractivity contribution >= 4 is 16.9 Å². The van der Waals surface area contributed by atoms with Crippen LogP contribution in [0.2, 0.25) is 0 Å². The summed E-state index contributed by atoms with van der Waals surface area (Å²) in [6, 6.07) is 30.1. The highest BCUT2D eigenvalue weighted by Crippen LogP contribution is 2.31. The van der Waals surface area contributed by atoms with E-state index in [1.54, 1.807) is 17.0 Å². The van der Waals surface area contributed by atoms with Gasteiger partial charge in [0.1, 0.15) is 17.2 Å². The third kappa shape index (κ3) is 4.48. The molecule has 0 unspecified atom stereocenters. The van der Waals surface area contributed by atoms with E-state index in [-0.39, 0.29) is 11.7 Å². The Labute approximate surface area is 198 Å². The summed E-state index contributed by atoms with van der Waals surface area (Å²) in [7, 11) is 1.83. The lowest BCUT2D eigenvalue weighted by Gasteiger charge is -2.18. The molecule has 0 N–H and O–H groups in total. The number of carbonyl (C=O) groups is 1. The summed E-state index contributed by atoms with van der Waals surface area (Å²) in [5, 5.41) is 0.949. The van der Waals surface area contributed by atoms with Crippen molar-refractivity contribution in [2.75, 3.05) is 7.05 Å². The Bertz CT molecular complexity index is 1480. The molecule has 0 fully saturated rings. The van der Waals surface area contributed by atoms with Crippen molar-refractivity contribution in [3.8, 4) is 22.5 Å². The molecule has 0 bridgehead atoms. The highest BCUT2D eigenvalue weighted by Gasteiger charge is 2.14. The first-order valence-electron chi connectivity index (χ1n) is 11.2. The first-order chi connectivity index (χ1) is 16.5. The third-order valence-corrected chi connectivity index (χ3v) is 5.94. The standard InChI is InChI=1S/C30H24FNO2/c1-20-5-3-6-21(15-20)19-32(2)30(33)25-8-4-7-23(16-25)24-11-14-28-26(17-24)18-29(34-28)22-9-12-27(31)13-10-22/h3-18H,19H2,1-2H3. The largest absolute Gasteiger partial charge is 0.456 e. The van der Waals surface area contributed by atoms with Gasteiger partial charge < -0.3 is 9.32 Å². The van der Waals surface area contributed by atoms with Crippen LogP contribution >= 0.6 is 0 Å². The molecule has 0 spiro atoms. The van der Waals surface area contributed by atoms with Crippen LogP contribution in [0.5, 0.6) is 0 Å². The Morgan fingerprint density at radius 2 is 1.56 bits per heavy atom. The Hall–Kier alpha value is -4.18. The summed E-state index contributed by atoms with van der Waals surface area (Å²) in [6.07, 6.45) is 0. The van der Waals surface area contributed by atoms with Gasteiger partial charge in [0, 0.05) is 30.1 Å². The van der Waals surface area contributed by atoms with Crippen LogP contribution in [0.4, 0.5) is 4.39 Å². The molecule has 4 aromatic carbocycles. The van der Waals surface area contributed by atoms with E-state index in [0.29, 0.717) is 17.9 Å². The summed E-state index contributed by atoms with van der Waals surface area (Å²) in [6.45, 7) is 2.60. The first kappa shape index (κ1) is 21.7. The predicted octanol–water partition coefficient (Wildman–Crippen LogP) is 7.49. The normalized spacial score (nSPS) is 11.0. The van der Waals surface area contributed by atoms with Crippen LogP contribution in [0.15, 0.2) is 101 Å². The summed E-state index contributed by atoms with van der Waals surface area (Å²) in [4.78, 5) is 14.8. The quantitative estimate of drug-likeness (QED) is 0.279. The molecule has 0 radical (unpaired) electrons. The molecule has 0 saturated heterocycles. The fourth-order valence-electron chi connectivity index (χ4n) is 4.19. The van der Waals surface area contributed by atoms with E-state index in [1.807, 2.05) is 80.7 Å². The number of hydrogen-bond acceptors (Lipinski definition) is 2. The van der Waals surface area contributed by atoms with Gasteiger partial charge in [0.2, 0.25) is 0 Å². The molecule has 0 aliphatic carbocycles.